The van der Waals surface area contributed by atoms with Crippen LogP contribution in [0, 0.1) is 0 Å². The van der Waals surface area contributed by atoms with Gasteiger partial charge >= 0.3 is 0 Å². The van der Waals surface area contributed by atoms with Crippen LogP contribution in [0.3, 0.4) is 0 Å². The summed E-state index contributed by atoms with van der Waals surface area (Å²) >= 11 is 0.293. The quantitative estimate of drug-likeness (QED) is 0.707. The molecule has 0 aliphatic carbocycles. The van der Waals surface area contributed by atoms with E-state index >= 15 is 0 Å². The van der Waals surface area contributed by atoms with Gasteiger partial charge in [0.25, 0.3) is 0 Å². The molecular formula is C4H6FNO2S2. The average molecular weight is 183 g/mol. The molecule has 0 atom stereocenters. The number of nitrogens with two attached hydrogens (primary N) is 1. The third-order valence-corrected chi connectivity index (χ3v) is 2.57. The Hall–Kier alpha value is -0.330. The van der Waals surface area contributed by atoms with Crippen molar-refractivity contribution in [3.63, 3.8) is 0 Å². The number of hydrogen-bond acceptors (Lipinski definition) is 3. The Morgan fingerprint density at radius 3 is 2.00 bits per heavy atom. The minimum atomic E-state index is -3.83. The molecule has 0 fully saturated rings. The van der Waals surface area contributed by atoms with Crippen molar-refractivity contribution >= 4 is 21.8 Å². The number of halogens is 1. The Labute approximate surface area is 62.8 Å². The zero-order valence-corrected chi connectivity index (χ0v) is 6.64. The van der Waals surface area contributed by atoms with Crippen LogP contribution in [0.4, 0.5) is 4.39 Å². The van der Waals surface area contributed by atoms with Crippen molar-refractivity contribution < 1.29 is 12.8 Å². The second-order valence-corrected chi connectivity index (χ2v) is 4.36. The zero-order valence-electron chi connectivity index (χ0n) is 5.00. The van der Waals surface area contributed by atoms with Crippen LogP contribution in [-0.4, -0.2) is 8.42 Å². The van der Waals surface area contributed by atoms with Crippen LogP contribution in [0.25, 0.3) is 0 Å². The molecule has 2 N–H and O–H groups in total. The molecule has 0 bridgehead atoms. The number of primary sulfonamides is 1. The van der Waals surface area contributed by atoms with Gasteiger partial charge < -0.3 is 0 Å². The van der Waals surface area contributed by atoms with Crippen molar-refractivity contribution in [2.75, 3.05) is 0 Å². The molecule has 0 aromatic rings. The smallest absolute Gasteiger partial charge is 0.224 e. The van der Waals surface area contributed by atoms with Crippen LogP contribution in [0.1, 0.15) is 0 Å². The second kappa shape index (κ2) is 3.18. The highest BCUT2D eigenvalue weighted by Gasteiger charge is 2.10. The molecule has 0 aromatic carbocycles. The highest BCUT2D eigenvalue weighted by molar-refractivity contribution is 8.19. The molecule has 0 amide bonds. The van der Waals surface area contributed by atoms with Gasteiger partial charge in [0.2, 0.25) is 10.0 Å². The molecule has 0 aliphatic heterocycles. The third kappa shape index (κ3) is 3.65. The molecule has 0 unspecified atom stereocenters. The van der Waals surface area contributed by atoms with E-state index in [1.165, 1.54) is 0 Å². The SMILES string of the molecule is C=C(F)SC(=C)S(N)(=O)=O. The summed E-state index contributed by atoms with van der Waals surface area (Å²) in [6, 6.07) is 0. The van der Waals surface area contributed by atoms with Crippen LogP contribution >= 0.6 is 11.8 Å². The normalized spacial score (nSPS) is 11.0. The van der Waals surface area contributed by atoms with Crippen molar-refractivity contribution in [3.05, 3.63) is 22.6 Å². The molecule has 10 heavy (non-hydrogen) atoms. The van der Waals surface area contributed by atoms with E-state index in [1.54, 1.807) is 0 Å². The summed E-state index contributed by atoms with van der Waals surface area (Å²) in [6.07, 6.45) is 0. The fraction of sp³-hybridized carbons (Fsp3) is 0. The molecule has 0 aliphatic rings. The molecule has 0 aromatic heterocycles. The van der Waals surface area contributed by atoms with Crippen LogP contribution in [0.2, 0.25) is 0 Å². The van der Waals surface area contributed by atoms with E-state index in [0.29, 0.717) is 11.8 Å². The van der Waals surface area contributed by atoms with Crippen molar-refractivity contribution in [1.29, 1.82) is 0 Å². The highest BCUT2D eigenvalue weighted by atomic mass is 32.3. The first kappa shape index (κ1) is 9.67. The summed E-state index contributed by atoms with van der Waals surface area (Å²) in [7, 11) is -3.83. The van der Waals surface area contributed by atoms with E-state index in [1.807, 2.05) is 0 Å². The predicted molar refractivity (Wildman–Crippen MR) is 40.1 cm³/mol. The second-order valence-electron chi connectivity index (χ2n) is 1.37. The maximum atomic E-state index is 11.9. The van der Waals surface area contributed by atoms with Crippen LogP contribution < -0.4 is 5.14 Å². The van der Waals surface area contributed by atoms with E-state index in [4.69, 9.17) is 0 Å². The van der Waals surface area contributed by atoms with Crippen molar-refractivity contribution in [2.45, 2.75) is 0 Å². The number of hydrogen-bond donors (Lipinski definition) is 1. The van der Waals surface area contributed by atoms with E-state index in [-0.39, 0.29) is 0 Å². The lowest BCUT2D eigenvalue weighted by Gasteiger charge is -1.96. The van der Waals surface area contributed by atoms with Gasteiger partial charge in [-0.25, -0.2) is 13.6 Å². The average Bonchev–Trinajstić information content (AvgIpc) is 1.60. The van der Waals surface area contributed by atoms with E-state index in [0.717, 1.165) is 0 Å². The van der Waals surface area contributed by atoms with Crippen molar-refractivity contribution in [2.24, 2.45) is 5.14 Å². The Bertz CT molecular complexity index is 256. The molecular weight excluding hydrogens is 177 g/mol. The van der Waals surface area contributed by atoms with E-state index < -0.39 is 19.4 Å². The molecule has 0 rings (SSSR count). The lowest BCUT2D eigenvalue weighted by Crippen LogP contribution is -2.11. The van der Waals surface area contributed by atoms with Crippen LogP contribution in [0.5, 0.6) is 0 Å². The molecule has 3 nitrogen and oxygen atoms in total. The lowest BCUT2D eigenvalue weighted by molar-refractivity contribution is 0.605. The molecule has 6 heteroatoms. The highest BCUT2D eigenvalue weighted by Crippen LogP contribution is 2.25. The zero-order chi connectivity index (χ0) is 8.36. The minimum absolute atomic E-state index is 0.293. The van der Waals surface area contributed by atoms with Gasteiger partial charge in [-0.3, -0.25) is 0 Å². The maximum Gasteiger partial charge on any atom is 0.243 e. The first-order chi connectivity index (χ1) is 4.34. The Morgan fingerprint density at radius 2 is 1.90 bits per heavy atom. The first-order valence-electron chi connectivity index (χ1n) is 2.08. The van der Waals surface area contributed by atoms with E-state index in [2.05, 4.69) is 18.3 Å². The van der Waals surface area contributed by atoms with Gasteiger partial charge in [-0.1, -0.05) is 13.2 Å². The molecule has 0 saturated carbocycles. The lowest BCUT2D eigenvalue weighted by atomic mass is 11.2. The fourth-order valence-corrected chi connectivity index (χ4v) is 1.16. The predicted octanol–water partition coefficient (Wildman–Crippen LogP) is 0.920. The topological polar surface area (TPSA) is 60.2 Å². The summed E-state index contributed by atoms with van der Waals surface area (Å²) < 4.78 is 32.1. The van der Waals surface area contributed by atoms with Crippen molar-refractivity contribution in [3.8, 4) is 0 Å². The fourth-order valence-electron chi connectivity index (χ4n) is 0.182. The standard InChI is InChI=1S/C4H6FNO2S2/c1-3(5)9-4(2)10(6,7)8/h1-2H2,(H2,6,7,8). The summed E-state index contributed by atoms with van der Waals surface area (Å²) in [5, 5.41) is 3.72. The van der Waals surface area contributed by atoms with Gasteiger partial charge in [0.1, 0.15) is 4.24 Å². The number of sulfonamides is 1. The summed E-state index contributed by atoms with van der Waals surface area (Å²) in [5.41, 5.74) is 0. The van der Waals surface area contributed by atoms with Gasteiger partial charge in [-0.05, 0) is 11.8 Å². The van der Waals surface area contributed by atoms with Crippen molar-refractivity contribution in [1.82, 2.24) is 0 Å². The molecule has 0 spiro atoms. The van der Waals surface area contributed by atoms with E-state index in [9.17, 15) is 12.8 Å². The molecule has 0 radical (unpaired) electrons. The summed E-state index contributed by atoms with van der Waals surface area (Å²) in [6.45, 7) is 5.84. The largest absolute Gasteiger partial charge is 0.243 e. The van der Waals surface area contributed by atoms with Crippen LogP contribution in [-0.2, 0) is 10.0 Å². The Kier molecular flexibility index (Phi) is 3.07. The molecule has 0 saturated heterocycles. The monoisotopic (exact) mass is 183 g/mol. The van der Waals surface area contributed by atoms with Gasteiger partial charge in [0, 0.05) is 0 Å². The Morgan fingerprint density at radius 1 is 1.50 bits per heavy atom. The van der Waals surface area contributed by atoms with Gasteiger partial charge in [-0.15, -0.1) is 0 Å². The summed E-state index contributed by atoms with van der Waals surface area (Å²) in [4.78, 5) is 0. The van der Waals surface area contributed by atoms with Gasteiger partial charge in [0.05, 0.1) is 0 Å². The van der Waals surface area contributed by atoms with Crippen LogP contribution in [0.15, 0.2) is 22.6 Å². The van der Waals surface area contributed by atoms with Gasteiger partial charge in [0.15, 0.2) is 5.16 Å². The maximum absolute atomic E-state index is 11.9. The van der Waals surface area contributed by atoms with Gasteiger partial charge in [-0.2, -0.15) is 4.39 Å². The summed E-state index contributed by atoms with van der Waals surface area (Å²) in [5.74, 6) is 0. The molecule has 0 heterocycles. The third-order valence-electron chi connectivity index (χ3n) is 0.542. The Balaban J connectivity index is 4.28. The first-order valence-corrected chi connectivity index (χ1v) is 4.44. The number of rotatable bonds is 3. The minimum Gasteiger partial charge on any atom is -0.224 e. The molecule has 58 valence electrons. The number of thioether (sulfide) groups is 1.